The second-order valence-electron chi connectivity index (χ2n) is 27.0. The molecule has 0 amide bonds. The Bertz CT molecular complexity index is 2480. The van der Waals surface area contributed by atoms with E-state index >= 15 is 0 Å². The number of carbonyl (C=O) groups is 6. The van der Waals surface area contributed by atoms with Gasteiger partial charge in [-0.15, -0.1) is 0 Å². The molecule has 0 saturated carbocycles. The minimum atomic E-state index is -0.362. The quantitative estimate of drug-likeness (QED) is 0.0186. The van der Waals surface area contributed by atoms with Crippen molar-refractivity contribution in [2.75, 3.05) is 92.4 Å². The van der Waals surface area contributed by atoms with Crippen LogP contribution in [-0.4, -0.2) is 143 Å². The molecule has 0 spiro atoms. The van der Waals surface area contributed by atoms with Crippen molar-refractivity contribution in [2.45, 2.75) is 242 Å². The van der Waals surface area contributed by atoms with Crippen molar-refractivity contribution in [1.82, 2.24) is 14.7 Å². The van der Waals surface area contributed by atoms with Crippen LogP contribution in [0.3, 0.4) is 0 Å². The predicted molar refractivity (Wildman–Crippen MR) is 375 cm³/mol. The molecule has 0 aromatic heterocycles. The van der Waals surface area contributed by atoms with Gasteiger partial charge in [0, 0.05) is 26.1 Å². The molecule has 0 fully saturated rings. The molecule has 3 atom stereocenters. The highest BCUT2D eigenvalue weighted by atomic mass is 16.6. The highest BCUT2D eigenvalue weighted by Crippen LogP contribution is 2.30. The number of aldehydes is 1. The number of hydrogen-bond donors (Lipinski definition) is 0. The van der Waals surface area contributed by atoms with E-state index in [9.17, 15) is 28.8 Å². The van der Waals surface area contributed by atoms with Crippen LogP contribution in [0.15, 0.2) is 105 Å². The standard InChI is InChI=1S/C78H125N3O11/c1-62(2)22-13-25-65(7)28-16-31-68-34-40-71(41-35-68)76(85)90-57-12-11-50-80(54-46-74(83)88-58-60-91-77(86)72-42-36-69(37-43-72)32-17-29-66(8)26-14-23-63(3)4)51-19-48-79(10)49-20-52-81(53-21-56-82)55-47-75(84)89-59-61-92-78(87)73-44-38-70(39-45-73)33-18-30-67(9)27-15-24-64(5)6/h22-24,28-30,34,36,38,56,71-73H,11-21,25-27,31-33,35,37,39-55,57-61H2,1-10H3/b65-28+,66-29+,67-30+. The molecule has 92 heavy (non-hydrogen) atoms. The highest BCUT2D eigenvalue weighted by molar-refractivity contribution is 5.74. The van der Waals surface area contributed by atoms with Gasteiger partial charge in [-0.2, -0.15) is 0 Å². The molecule has 0 aliphatic heterocycles. The molecule has 0 aromatic rings. The lowest BCUT2D eigenvalue weighted by molar-refractivity contribution is -0.155. The van der Waals surface area contributed by atoms with Gasteiger partial charge >= 0.3 is 29.8 Å². The Hall–Kier alpha value is -5.44. The van der Waals surface area contributed by atoms with Crippen LogP contribution in [0.4, 0.5) is 0 Å². The first-order valence-electron chi connectivity index (χ1n) is 35.6. The SMILES string of the molecule is CC(C)=CCC/C(C)=C/CCC1=CCC(C(=O)OCCCCN(CCCN(C)CCCN(CCC=O)CCC(=O)OCCOC(=O)C2CC=C(CC/C=C(\C)CCC=C(C)C)CC2)CCC(=O)OCCOC(=O)C2CC=C(CC/C=C(\C)CCC=C(C)C)CC2)CC1. The van der Waals surface area contributed by atoms with E-state index in [-0.39, 0.29) is 86.9 Å². The van der Waals surface area contributed by atoms with E-state index < -0.39 is 0 Å². The molecular formula is C78H125N3O11. The molecule has 14 nitrogen and oxygen atoms in total. The molecule has 3 aliphatic carbocycles. The van der Waals surface area contributed by atoms with Crippen molar-refractivity contribution in [3.8, 4) is 0 Å². The maximum absolute atomic E-state index is 13.1. The van der Waals surface area contributed by atoms with Crippen LogP contribution in [0.25, 0.3) is 0 Å². The molecule has 3 aliphatic rings. The summed E-state index contributed by atoms with van der Waals surface area (Å²) in [6.07, 6.45) is 45.4. The van der Waals surface area contributed by atoms with Gasteiger partial charge in [-0.05, 0) is 263 Å². The summed E-state index contributed by atoms with van der Waals surface area (Å²) in [5.41, 5.74) is 12.6. The van der Waals surface area contributed by atoms with Gasteiger partial charge in [-0.3, -0.25) is 24.0 Å². The van der Waals surface area contributed by atoms with Crippen LogP contribution in [0.5, 0.6) is 0 Å². The fourth-order valence-corrected chi connectivity index (χ4v) is 11.9. The van der Waals surface area contributed by atoms with Crippen LogP contribution >= 0.6 is 0 Å². The Morgan fingerprint density at radius 3 is 1.09 bits per heavy atom. The molecule has 0 N–H and O–H groups in total. The van der Waals surface area contributed by atoms with Gasteiger partial charge < -0.3 is 43.2 Å². The zero-order valence-electron chi connectivity index (χ0n) is 59.3. The van der Waals surface area contributed by atoms with Gasteiger partial charge in [-0.1, -0.05) is 105 Å². The molecular weight excluding hydrogens is 1150 g/mol. The normalized spacial score (nSPS) is 17.1. The number of allylic oxidation sites excluding steroid dienone is 18. The van der Waals surface area contributed by atoms with Crippen molar-refractivity contribution in [3.05, 3.63) is 105 Å². The first-order chi connectivity index (χ1) is 44.3. The Morgan fingerprint density at radius 2 is 0.739 bits per heavy atom. The van der Waals surface area contributed by atoms with Gasteiger partial charge in [-0.25, -0.2) is 0 Å². The summed E-state index contributed by atoms with van der Waals surface area (Å²) in [4.78, 5) is 82.7. The van der Waals surface area contributed by atoms with Gasteiger partial charge in [0.1, 0.15) is 32.7 Å². The molecule has 0 aromatic carbocycles. The van der Waals surface area contributed by atoms with Crippen LogP contribution in [-0.2, 0) is 52.5 Å². The summed E-state index contributed by atoms with van der Waals surface area (Å²) in [5.74, 6) is -1.70. The van der Waals surface area contributed by atoms with Gasteiger partial charge in [0.25, 0.3) is 0 Å². The maximum atomic E-state index is 13.1. The minimum Gasteiger partial charge on any atom is -0.465 e. The molecule has 0 bridgehead atoms. The third kappa shape index (κ3) is 40.6. The smallest absolute Gasteiger partial charge is 0.309 e. The fourth-order valence-electron chi connectivity index (χ4n) is 11.9. The van der Waals surface area contributed by atoms with Gasteiger partial charge in [0.15, 0.2) is 0 Å². The van der Waals surface area contributed by atoms with E-state index in [2.05, 4.69) is 139 Å². The number of unbranched alkanes of at least 4 members (excludes halogenated alkanes) is 1. The van der Waals surface area contributed by atoms with Crippen molar-refractivity contribution >= 4 is 36.1 Å². The van der Waals surface area contributed by atoms with Crippen LogP contribution in [0, 0.1) is 17.8 Å². The summed E-state index contributed by atoms with van der Waals surface area (Å²) < 4.78 is 27.9. The van der Waals surface area contributed by atoms with E-state index in [1.807, 2.05) is 0 Å². The third-order valence-electron chi connectivity index (χ3n) is 17.8. The van der Waals surface area contributed by atoms with E-state index in [1.165, 1.54) is 50.2 Å². The van der Waals surface area contributed by atoms with Crippen LogP contribution < -0.4 is 0 Å². The first-order valence-corrected chi connectivity index (χ1v) is 35.6. The zero-order valence-corrected chi connectivity index (χ0v) is 59.3. The lowest BCUT2D eigenvalue weighted by Crippen LogP contribution is -2.33. The lowest BCUT2D eigenvalue weighted by Gasteiger charge is -2.25. The van der Waals surface area contributed by atoms with Crippen molar-refractivity contribution in [3.63, 3.8) is 0 Å². The third-order valence-corrected chi connectivity index (χ3v) is 17.8. The van der Waals surface area contributed by atoms with Crippen molar-refractivity contribution in [1.29, 1.82) is 0 Å². The predicted octanol–water partition coefficient (Wildman–Crippen LogP) is 16.8. The number of hydrogen-bond acceptors (Lipinski definition) is 14. The molecule has 0 heterocycles. The Labute approximate surface area is 557 Å². The molecule has 0 saturated heterocycles. The van der Waals surface area contributed by atoms with Gasteiger partial charge in [0.2, 0.25) is 0 Å². The molecule has 3 unspecified atom stereocenters. The van der Waals surface area contributed by atoms with Crippen molar-refractivity contribution < 1.29 is 52.5 Å². The van der Waals surface area contributed by atoms with E-state index in [4.69, 9.17) is 23.7 Å². The molecule has 0 radical (unpaired) electrons. The monoisotopic (exact) mass is 1280 g/mol. The first kappa shape index (κ1) is 80.8. The largest absolute Gasteiger partial charge is 0.465 e. The summed E-state index contributed by atoms with van der Waals surface area (Å²) in [5, 5.41) is 0. The van der Waals surface area contributed by atoms with Gasteiger partial charge in [0.05, 0.1) is 37.2 Å². The second-order valence-corrected chi connectivity index (χ2v) is 27.0. The summed E-state index contributed by atoms with van der Waals surface area (Å²) in [7, 11) is 2.09. The number of rotatable bonds is 49. The van der Waals surface area contributed by atoms with E-state index in [1.54, 1.807) is 0 Å². The molecule has 3 rings (SSSR count). The maximum Gasteiger partial charge on any atom is 0.309 e. The Balaban J connectivity index is 1.40. The molecule has 14 heteroatoms. The van der Waals surface area contributed by atoms with Crippen LogP contribution in [0.2, 0.25) is 0 Å². The second kappa shape index (κ2) is 50.1. The Morgan fingerprint density at radius 1 is 0.391 bits per heavy atom. The number of ether oxygens (including phenoxy) is 5. The van der Waals surface area contributed by atoms with E-state index in [0.29, 0.717) is 52.0 Å². The van der Waals surface area contributed by atoms with Crippen LogP contribution in [0.1, 0.15) is 242 Å². The lowest BCUT2D eigenvalue weighted by atomic mass is 9.87. The summed E-state index contributed by atoms with van der Waals surface area (Å²) in [6.45, 7) is 25.3. The highest BCUT2D eigenvalue weighted by Gasteiger charge is 2.26. The zero-order chi connectivity index (χ0) is 67.1. The summed E-state index contributed by atoms with van der Waals surface area (Å²) in [6, 6.07) is 0. The minimum absolute atomic E-state index is 0.0128. The number of esters is 5. The molecule has 518 valence electrons. The van der Waals surface area contributed by atoms with Crippen molar-refractivity contribution in [2.24, 2.45) is 17.8 Å². The fraction of sp³-hybridized carbons (Fsp3) is 0.692. The average molecular weight is 1280 g/mol. The topological polar surface area (TPSA) is 158 Å². The number of carbonyl (C=O) groups excluding carboxylic acids is 6. The average Bonchev–Trinajstić information content (AvgIpc) is 2.82. The van der Waals surface area contributed by atoms with E-state index in [0.717, 1.165) is 180 Å². The Kier molecular flexibility index (Phi) is 44.0. The number of nitrogens with zero attached hydrogens (tertiary/aromatic N) is 3. The summed E-state index contributed by atoms with van der Waals surface area (Å²) >= 11 is 0.